The van der Waals surface area contributed by atoms with Crippen LogP contribution in [-0.2, 0) is 11.2 Å². The van der Waals surface area contributed by atoms with Crippen LogP contribution >= 0.6 is 35.0 Å². The number of halogens is 2. The zero-order chi connectivity index (χ0) is 22.0. The topological polar surface area (TPSA) is 105 Å². The second-order valence-corrected chi connectivity index (χ2v) is 8.39. The van der Waals surface area contributed by atoms with Gasteiger partial charge in [-0.3, -0.25) is 14.6 Å². The Morgan fingerprint density at radius 1 is 1.13 bits per heavy atom. The summed E-state index contributed by atoms with van der Waals surface area (Å²) in [7, 11) is 0. The molecule has 2 N–H and O–H groups in total. The predicted octanol–water partition coefficient (Wildman–Crippen LogP) is 3.75. The van der Waals surface area contributed by atoms with E-state index in [9.17, 15) is 9.59 Å². The third-order valence-electron chi connectivity index (χ3n) is 4.51. The zero-order valence-electron chi connectivity index (χ0n) is 16.2. The Labute approximate surface area is 191 Å². The van der Waals surface area contributed by atoms with E-state index in [4.69, 9.17) is 23.2 Å². The molecule has 11 heteroatoms. The number of aromatic amines is 1. The van der Waals surface area contributed by atoms with Gasteiger partial charge in [-0.2, -0.15) is 9.61 Å². The van der Waals surface area contributed by atoms with Gasteiger partial charge in [-0.25, -0.2) is 0 Å². The van der Waals surface area contributed by atoms with E-state index in [0.29, 0.717) is 20.9 Å². The number of fused-ring (bicyclic) bond motifs is 1. The smallest absolute Gasteiger partial charge is 0.274 e. The van der Waals surface area contributed by atoms with Crippen molar-refractivity contribution in [3.63, 3.8) is 0 Å². The van der Waals surface area contributed by atoms with E-state index in [1.165, 1.54) is 4.52 Å². The van der Waals surface area contributed by atoms with Crippen LogP contribution in [0.3, 0.4) is 0 Å². The first-order valence-electron chi connectivity index (χ1n) is 9.18. The molecule has 0 bridgehead atoms. The molecule has 31 heavy (non-hydrogen) atoms. The maximum Gasteiger partial charge on any atom is 0.274 e. The number of H-pyrrole nitrogens is 1. The number of amides is 1. The molecule has 4 rings (SSSR count). The number of carbonyl (C=O) groups is 1. The lowest BCUT2D eigenvalue weighted by molar-refractivity contribution is -0.113. The van der Waals surface area contributed by atoms with E-state index < -0.39 is 0 Å². The summed E-state index contributed by atoms with van der Waals surface area (Å²) in [5, 5.41) is 16.7. The van der Waals surface area contributed by atoms with Crippen LogP contribution in [-0.4, -0.2) is 36.5 Å². The first kappa shape index (κ1) is 21.4. The van der Waals surface area contributed by atoms with E-state index in [-0.39, 0.29) is 35.1 Å². The molecule has 0 saturated heterocycles. The summed E-state index contributed by atoms with van der Waals surface area (Å²) in [6.07, 6.45) is 0.252. The molecule has 158 valence electrons. The maximum absolute atomic E-state index is 12.4. The minimum atomic E-state index is -0.370. The summed E-state index contributed by atoms with van der Waals surface area (Å²) < 4.78 is 1.41. The Balaban J connectivity index is 1.52. The molecule has 0 aliphatic heterocycles. The van der Waals surface area contributed by atoms with Crippen molar-refractivity contribution in [2.75, 3.05) is 11.1 Å². The Morgan fingerprint density at radius 2 is 1.90 bits per heavy atom. The van der Waals surface area contributed by atoms with Gasteiger partial charge in [0, 0.05) is 22.2 Å². The van der Waals surface area contributed by atoms with Crippen molar-refractivity contribution in [1.82, 2.24) is 24.8 Å². The summed E-state index contributed by atoms with van der Waals surface area (Å²) in [6.45, 7) is 1.83. The zero-order valence-corrected chi connectivity index (χ0v) is 18.6. The first-order chi connectivity index (χ1) is 14.9. The van der Waals surface area contributed by atoms with E-state index in [1.54, 1.807) is 24.3 Å². The minimum Gasteiger partial charge on any atom is -0.325 e. The van der Waals surface area contributed by atoms with E-state index in [2.05, 4.69) is 25.6 Å². The molecule has 0 saturated carbocycles. The number of benzene rings is 2. The number of hydrogen-bond acceptors (Lipinski definition) is 6. The number of aromatic nitrogens is 5. The van der Waals surface area contributed by atoms with Gasteiger partial charge in [0.2, 0.25) is 11.1 Å². The number of nitrogens with one attached hydrogen (secondary N) is 2. The highest BCUT2D eigenvalue weighted by Crippen LogP contribution is 2.24. The van der Waals surface area contributed by atoms with Gasteiger partial charge < -0.3 is 5.32 Å². The van der Waals surface area contributed by atoms with Crippen molar-refractivity contribution in [1.29, 1.82) is 0 Å². The number of carbonyl (C=O) groups excluding carboxylic acids is 1. The average Bonchev–Trinajstić information content (AvgIpc) is 3.13. The van der Waals surface area contributed by atoms with Crippen LogP contribution in [0, 0.1) is 6.92 Å². The molecule has 0 atom stereocenters. The number of thioether (sulfide) groups is 1. The van der Waals surface area contributed by atoms with Crippen molar-refractivity contribution >= 4 is 52.3 Å². The number of rotatable bonds is 6. The monoisotopic (exact) mass is 474 g/mol. The summed E-state index contributed by atoms with van der Waals surface area (Å²) in [4.78, 5) is 27.4. The lowest BCUT2D eigenvalue weighted by atomic mass is 10.1. The fourth-order valence-electron chi connectivity index (χ4n) is 2.86. The highest BCUT2D eigenvalue weighted by atomic mass is 35.5. The SMILES string of the molecule is Cc1c(Cl)cccc1NC(=O)CSc1nnc2[nH]c(=O)c(Cc3ccccc3Cl)nn12. The molecular weight excluding hydrogens is 459 g/mol. The van der Waals surface area contributed by atoms with Crippen LogP contribution in [0.15, 0.2) is 52.4 Å². The van der Waals surface area contributed by atoms with Gasteiger partial charge in [-0.15, -0.1) is 10.2 Å². The van der Waals surface area contributed by atoms with Crippen molar-refractivity contribution < 1.29 is 4.79 Å². The highest BCUT2D eigenvalue weighted by Gasteiger charge is 2.15. The minimum absolute atomic E-state index is 0.0768. The van der Waals surface area contributed by atoms with Gasteiger partial charge in [0.05, 0.1) is 5.75 Å². The molecule has 1 amide bonds. The van der Waals surface area contributed by atoms with E-state index in [1.807, 2.05) is 25.1 Å². The van der Waals surface area contributed by atoms with Crippen LogP contribution in [0.4, 0.5) is 5.69 Å². The van der Waals surface area contributed by atoms with Gasteiger partial charge in [0.15, 0.2) is 0 Å². The Hall–Kier alpha value is -2.88. The fourth-order valence-corrected chi connectivity index (χ4v) is 3.92. The third kappa shape index (κ3) is 4.73. The van der Waals surface area contributed by atoms with Gasteiger partial charge in [0.1, 0.15) is 5.69 Å². The van der Waals surface area contributed by atoms with Crippen molar-refractivity contribution in [2.45, 2.75) is 18.5 Å². The summed E-state index contributed by atoms with van der Waals surface area (Å²) in [5.74, 6) is 0.0438. The highest BCUT2D eigenvalue weighted by molar-refractivity contribution is 7.99. The normalized spacial score (nSPS) is 11.1. The van der Waals surface area contributed by atoms with Crippen LogP contribution in [0.25, 0.3) is 5.78 Å². The quantitative estimate of drug-likeness (QED) is 0.412. The van der Waals surface area contributed by atoms with Gasteiger partial charge in [-0.1, -0.05) is 59.2 Å². The summed E-state index contributed by atoms with van der Waals surface area (Å²) in [5.41, 5.74) is 2.11. The van der Waals surface area contributed by atoms with Crippen LogP contribution in [0.1, 0.15) is 16.8 Å². The molecule has 4 aromatic rings. The molecule has 0 unspecified atom stereocenters. The molecule has 0 fully saturated rings. The Kier molecular flexibility index (Phi) is 6.26. The lowest BCUT2D eigenvalue weighted by Crippen LogP contribution is -2.19. The average molecular weight is 475 g/mol. The number of anilines is 1. The molecule has 0 radical (unpaired) electrons. The van der Waals surface area contributed by atoms with Crippen molar-refractivity contribution in [3.8, 4) is 0 Å². The molecule has 0 aliphatic carbocycles. The lowest BCUT2D eigenvalue weighted by Gasteiger charge is -2.09. The van der Waals surface area contributed by atoms with Gasteiger partial charge in [-0.05, 0) is 36.2 Å². The Bertz CT molecular complexity index is 1340. The van der Waals surface area contributed by atoms with Crippen LogP contribution in [0.5, 0.6) is 0 Å². The maximum atomic E-state index is 12.4. The molecule has 0 aliphatic rings. The number of hydrogen-bond donors (Lipinski definition) is 2. The second kappa shape index (κ2) is 9.09. The van der Waals surface area contributed by atoms with Gasteiger partial charge in [0.25, 0.3) is 11.3 Å². The molecule has 8 nitrogen and oxygen atoms in total. The molecule has 2 heterocycles. The second-order valence-electron chi connectivity index (χ2n) is 6.64. The first-order valence-corrected chi connectivity index (χ1v) is 10.9. The largest absolute Gasteiger partial charge is 0.325 e. The van der Waals surface area contributed by atoms with Crippen molar-refractivity contribution in [3.05, 3.63) is 79.7 Å². The summed E-state index contributed by atoms with van der Waals surface area (Å²) in [6, 6.07) is 12.6. The molecule has 0 spiro atoms. The number of nitrogens with zero attached hydrogens (tertiary/aromatic N) is 4. The molecular formula is C20H16Cl2N6O2S. The predicted molar refractivity (Wildman–Crippen MR) is 121 cm³/mol. The summed E-state index contributed by atoms with van der Waals surface area (Å²) >= 11 is 13.4. The van der Waals surface area contributed by atoms with Gasteiger partial charge >= 0.3 is 0 Å². The molecule has 2 aromatic heterocycles. The fraction of sp³-hybridized carbons (Fsp3) is 0.150. The van der Waals surface area contributed by atoms with Crippen LogP contribution < -0.4 is 10.9 Å². The standard InChI is InChI=1S/C20H16Cl2N6O2S/c1-11-13(21)7-4-8-15(11)23-17(29)10-31-20-26-25-19-24-18(30)16(27-28(19)20)9-12-5-2-3-6-14(12)22/h2-8H,9-10H2,1H3,(H,23,29)(H,24,25,30). The molecule has 2 aromatic carbocycles. The van der Waals surface area contributed by atoms with E-state index >= 15 is 0 Å². The van der Waals surface area contributed by atoms with E-state index in [0.717, 1.165) is 22.9 Å². The Morgan fingerprint density at radius 3 is 2.71 bits per heavy atom. The van der Waals surface area contributed by atoms with Crippen molar-refractivity contribution in [2.24, 2.45) is 0 Å². The van der Waals surface area contributed by atoms with Crippen LogP contribution in [0.2, 0.25) is 10.0 Å². The third-order valence-corrected chi connectivity index (χ3v) is 6.21.